The summed E-state index contributed by atoms with van der Waals surface area (Å²) in [4.78, 5) is 11.5. The molecular weight excluding hydrogens is 180 g/mol. The maximum atomic E-state index is 11.5. The molecule has 4 nitrogen and oxygen atoms in total. The Labute approximate surface area is 86.2 Å². The van der Waals surface area contributed by atoms with Crippen molar-refractivity contribution in [2.24, 2.45) is 11.7 Å². The van der Waals surface area contributed by atoms with Crippen molar-refractivity contribution >= 4 is 5.91 Å². The first-order chi connectivity index (χ1) is 6.76. The fourth-order valence-electron chi connectivity index (χ4n) is 1.28. The van der Waals surface area contributed by atoms with Gasteiger partial charge in [-0.25, -0.2) is 0 Å². The monoisotopic (exact) mass is 202 g/mol. The van der Waals surface area contributed by atoms with Crippen LogP contribution in [0.2, 0.25) is 0 Å². The van der Waals surface area contributed by atoms with E-state index in [9.17, 15) is 4.79 Å². The fourth-order valence-corrected chi connectivity index (χ4v) is 1.28. The third kappa shape index (κ3) is 5.94. The molecule has 0 rings (SSSR count). The van der Waals surface area contributed by atoms with E-state index in [0.717, 1.165) is 19.3 Å². The van der Waals surface area contributed by atoms with Gasteiger partial charge in [-0.2, -0.15) is 0 Å². The van der Waals surface area contributed by atoms with Crippen LogP contribution in [0.15, 0.2) is 0 Å². The molecule has 0 aromatic carbocycles. The average Bonchev–Trinajstić information content (AvgIpc) is 2.20. The van der Waals surface area contributed by atoms with Crippen molar-refractivity contribution in [1.29, 1.82) is 0 Å². The highest BCUT2D eigenvalue weighted by Gasteiger charge is 2.14. The maximum Gasteiger partial charge on any atom is 0.224 e. The maximum absolute atomic E-state index is 11.5. The van der Waals surface area contributed by atoms with Gasteiger partial charge in [0.25, 0.3) is 0 Å². The lowest BCUT2D eigenvalue weighted by Crippen LogP contribution is -2.35. The smallest absolute Gasteiger partial charge is 0.224 e. The van der Waals surface area contributed by atoms with Crippen LogP contribution in [0.1, 0.15) is 26.2 Å². The molecule has 0 saturated carbocycles. The van der Waals surface area contributed by atoms with Crippen LogP contribution >= 0.6 is 0 Å². The van der Waals surface area contributed by atoms with Crippen molar-refractivity contribution in [3.05, 3.63) is 0 Å². The van der Waals surface area contributed by atoms with Crippen LogP contribution in [-0.4, -0.2) is 32.7 Å². The number of methoxy groups -OCH3 is 1. The average molecular weight is 202 g/mol. The molecule has 3 N–H and O–H groups in total. The van der Waals surface area contributed by atoms with Gasteiger partial charge in [-0.05, 0) is 12.8 Å². The minimum absolute atomic E-state index is 0.0254. The van der Waals surface area contributed by atoms with Crippen LogP contribution in [0.25, 0.3) is 0 Å². The highest BCUT2D eigenvalue weighted by molar-refractivity contribution is 5.78. The Balaban J connectivity index is 3.58. The number of rotatable bonds is 8. The van der Waals surface area contributed by atoms with Crippen molar-refractivity contribution in [1.82, 2.24) is 5.32 Å². The molecule has 0 aliphatic heterocycles. The molecule has 0 radical (unpaired) electrons. The molecule has 0 spiro atoms. The van der Waals surface area contributed by atoms with Gasteiger partial charge in [0.05, 0.1) is 5.92 Å². The molecule has 84 valence electrons. The topological polar surface area (TPSA) is 64.4 Å². The van der Waals surface area contributed by atoms with Crippen LogP contribution < -0.4 is 11.1 Å². The number of nitrogens with one attached hydrogen (secondary N) is 1. The molecule has 1 unspecified atom stereocenters. The first kappa shape index (κ1) is 13.4. The molecule has 0 aliphatic carbocycles. The number of amides is 1. The molecule has 1 atom stereocenters. The Bertz CT molecular complexity index is 151. The van der Waals surface area contributed by atoms with Gasteiger partial charge in [0.2, 0.25) is 5.91 Å². The molecule has 14 heavy (non-hydrogen) atoms. The quantitative estimate of drug-likeness (QED) is 0.564. The molecule has 0 saturated heterocycles. The molecule has 1 amide bonds. The SMILES string of the molecule is CCCC(CN)C(=O)NCCCOC. The van der Waals surface area contributed by atoms with Gasteiger partial charge in [0, 0.05) is 26.8 Å². The Morgan fingerprint density at radius 3 is 2.79 bits per heavy atom. The molecule has 0 bridgehead atoms. The predicted molar refractivity (Wildman–Crippen MR) is 57.0 cm³/mol. The third-order valence-electron chi connectivity index (χ3n) is 2.12. The molecule has 0 aromatic rings. The predicted octanol–water partition coefficient (Wildman–Crippen LogP) is 0.514. The fraction of sp³-hybridized carbons (Fsp3) is 0.900. The summed E-state index contributed by atoms with van der Waals surface area (Å²) in [5.41, 5.74) is 5.50. The van der Waals surface area contributed by atoms with E-state index in [0.29, 0.717) is 19.7 Å². The van der Waals surface area contributed by atoms with Crippen molar-refractivity contribution in [3.8, 4) is 0 Å². The lowest BCUT2D eigenvalue weighted by molar-refractivity contribution is -0.124. The number of hydrogen-bond donors (Lipinski definition) is 2. The van der Waals surface area contributed by atoms with E-state index in [4.69, 9.17) is 10.5 Å². The number of nitrogens with two attached hydrogens (primary N) is 1. The van der Waals surface area contributed by atoms with Gasteiger partial charge in [-0.15, -0.1) is 0 Å². The third-order valence-corrected chi connectivity index (χ3v) is 2.12. The van der Waals surface area contributed by atoms with Crippen LogP contribution in [0.3, 0.4) is 0 Å². The van der Waals surface area contributed by atoms with Crippen LogP contribution in [0.5, 0.6) is 0 Å². The van der Waals surface area contributed by atoms with Crippen LogP contribution in [-0.2, 0) is 9.53 Å². The first-order valence-electron chi connectivity index (χ1n) is 5.23. The minimum Gasteiger partial charge on any atom is -0.385 e. The number of carbonyl (C=O) groups excluding carboxylic acids is 1. The van der Waals surface area contributed by atoms with Gasteiger partial charge in [0.15, 0.2) is 0 Å². The Morgan fingerprint density at radius 2 is 2.29 bits per heavy atom. The zero-order valence-corrected chi connectivity index (χ0v) is 9.21. The number of hydrogen-bond acceptors (Lipinski definition) is 3. The highest BCUT2D eigenvalue weighted by Crippen LogP contribution is 2.03. The van der Waals surface area contributed by atoms with Gasteiger partial charge >= 0.3 is 0 Å². The number of carbonyl (C=O) groups is 1. The molecule has 0 aliphatic rings. The second-order valence-electron chi connectivity index (χ2n) is 3.36. The van der Waals surface area contributed by atoms with Crippen molar-refractivity contribution < 1.29 is 9.53 Å². The summed E-state index contributed by atoms with van der Waals surface area (Å²) >= 11 is 0. The summed E-state index contributed by atoms with van der Waals surface area (Å²) in [6, 6.07) is 0. The van der Waals surface area contributed by atoms with Gasteiger partial charge in [-0.1, -0.05) is 13.3 Å². The van der Waals surface area contributed by atoms with E-state index >= 15 is 0 Å². The lowest BCUT2D eigenvalue weighted by atomic mass is 10.0. The molecule has 0 fully saturated rings. The Hall–Kier alpha value is -0.610. The van der Waals surface area contributed by atoms with E-state index < -0.39 is 0 Å². The van der Waals surface area contributed by atoms with E-state index in [2.05, 4.69) is 12.2 Å². The normalized spacial score (nSPS) is 12.5. The summed E-state index contributed by atoms with van der Waals surface area (Å²) in [5.74, 6) is 0.0491. The highest BCUT2D eigenvalue weighted by atomic mass is 16.5. The van der Waals surface area contributed by atoms with Crippen molar-refractivity contribution in [2.45, 2.75) is 26.2 Å². The van der Waals surface area contributed by atoms with Crippen LogP contribution in [0, 0.1) is 5.92 Å². The second kappa shape index (κ2) is 8.97. The molecule has 4 heteroatoms. The zero-order valence-electron chi connectivity index (χ0n) is 9.21. The summed E-state index contributed by atoms with van der Waals surface area (Å²) in [6.07, 6.45) is 2.71. The zero-order chi connectivity index (χ0) is 10.8. The minimum atomic E-state index is -0.0254. The van der Waals surface area contributed by atoms with E-state index in [-0.39, 0.29) is 11.8 Å². The second-order valence-corrected chi connectivity index (χ2v) is 3.36. The largest absolute Gasteiger partial charge is 0.385 e. The standard InChI is InChI=1S/C10H22N2O2/c1-3-5-9(8-11)10(13)12-6-4-7-14-2/h9H,3-8,11H2,1-2H3,(H,12,13). The van der Waals surface area contributed by atoms with E-state index in [1.165, 1.54) is 0 Å². The summed E-state index contributed by atoms with van der Waals surface area (Å²) < 4.78 is 4.88. The Morgan fingerprint density at radius 1 is 1.57 bits per heavy atom. The summed E-state index contributed by atoms with van der Waals surface area (Å²) in [7, 11) is 1.65. The first-order valence-corrected chi connectivity index (χ1v) is 5.23. The Kier molecular flexibility index (Phi) is 8.57. The number of ether oxygens (including phenoxy) is 1. The van der Waals surface area contributed by atoms with Gasteiger partial charge in [0.1, 0.15) is 0 Å². The molecule has 0 aromatic heterocycles. The summed E-state index contributed by atoms with van der Waals surface area (Å²) in [5, 5.41) is 2.85. The van der Waals surface area contributed by atoms with E-state index in [1.807, 2.05) is 0 Å². The summed E-state index contributed by atoms with van der Waals surface area (Å²) in [6.45, 7) is 3.85. The molecule has 0 heterocycles. The lowest BCUT2D eigenvalue weighted by Gasteiger charge is -2.13. The van der Waals surface area contributed by atoms with Crippen molar-refractivity contribution in [3.63, 3.8) is 0 Å². The van der Waals surface area contributed by atoms with E-state index in [1.54, 1.807) is 7.11 Å². The van der Waals surface area contributed by atoms with Gasteiger partial charge < -0.3 is 15.8 Å². The van der Waals surface area contributed by atoms with Gasteiger partial charge in [-0.3, -0.25) is 4.79 Å². The van der Waals surface area contributed by atoms with Crippen molar-refractivity contribution in [2.75, 3.05) is 26.8 Å². The molecular formula is C10H22N2O2. The van der Waals surface area contributed by atoms with Crippen LogP contribution in [0.4, 0.5) is 0 Å².